The van der Waals surface area contributed by atoms with Gasteiger partial charge in [0.1, 0.15) is 5.75 Å². The maximum Gasteiger partial charge on any atom is 0.119 e. The van der Waals surface area contributed by atoms with Gasteiger partial charge in [0.25, 0.3) is 0 Å². The summed E-state index contributed by atoms with van der Waals surface area (Å²) in [5.74, 6) is 2.80. The highest BCUT2D eigenvalue weighted by atomic mass is 16.5. The Kier molecular flexibility index (Phi) is 3.25. The second kappa shape index (κ2) is 5.01. The highest BCUT2D eigenvalue weighted by Gasteiger charge is 2.50. The van der Waals surface area contributed by atoms with Crippen molar-refractivity contribution in [3.63, 3.8) is 0 Å². The van der Waals surface area contributed by atoms with Crippen LogP contribution in [0.25, 0.3) is 0 Å². The Balaban J connectivity index is 1.87. The smallest absolute Gasteiger partial charge is 0.119 e. The third kappa shape index (κ3) is 2.03. The van der Waals surface area contributed by atoms with E-state index in [1.54, 1.807) is 18.2 Å². The van der Waals surface area contributed by atoms with Crippen molar-refractivity contribution in [2.24, 2.45) is 11.8 Å². The standard InChI is InChI=1S/C19H27NO/c1-20-10-9-19-8-4-3-5-17(19)15(13-20)11-14-6-7-16(21-2)12-18(14)19/h6-7,12,15,17H,3-5,8-11,13H2,1-2H3/t15-,17-,19+/m0/s1. The molecule has 114 valence electrons. The molecular formula is C19H27NO. The molecule has 1 saturated heterocycles. The topological polar surface area (TPSA) is 12.5 Å². The molecule has 0 spiro atoms. The van der Waals surface area contributed by atoms with Crippen LogP contribution in [0.1, 0.15) is 43.2 Å². The Morgan fingerprint density at radius 3 is 3.00 bits per heavy atom. The Bertz CT molecular complexity index is 540. The largest absolute Gasteiger partial charge is 0.497 e. The van der Waals surface area contributed by atoms with Gasteiger partial charge in [-0.1, -0.05) is 18.9 Å². The number of benzene rings is 1. The van der Waals surface area contributed by atoms with Crippen LogP contribution in [-0.4, -0.2) is 32.1 Å². The average molecular weight is 285 g/mol. The molecule has 0 aromatic heterocycles. The predicted molar refractivity (Wildman–Crippen MR) is 85.9 cm³/mol. The van der Waals surface area contributed by atoms with Crippen molar-refractivity contribution in [3.8, 4) is 5.75 Å². The number of nitrogens with zero attached hydrogens (tertiary/aromatic N) is 1. The van der Waals surface area contributed by atoms with E-state index in [1.807, 2.05) is 0 Å². The van der Waals surface area contributed by atoms with Gasteiger partial charge in [-0.2, -0.15) is 0 Å². The zero-order valence-electron chi connectivity index (χ0n) is 13.4. The summed E-state index contributed by atoms with van der Waals surface area (Å²) in [6, 6.07) is 6.88. The van der Waals surface area contributed by atoms with Crippen molar-refractivity contribution in [1.82, 2.24) is 4.90 Å². The zero-order valence-corrected chi connectivity index (χ0v) is 13.4. The van der Waals surface area contributed by atoms with E-state index in [9.17, 15) is 0 Å². The number of methoxy groups -OCH3 is 1. The summed E-state index contributed by atoms with van der Waals surface area (Å²) in [4.78, 5) is 2.58. The lowest BCUT2D eigenvalue weighted by atomic mass is 9.53. The molecule has 1 heterocycles. The molecule has 4 rings (SSSR count). The third-order valence-corrected chi connectivity index (χ3v) is 6.49. The fraction of sp³-hybridized carbons (Fsp3) is 0.684. The van der Waals surface area contributed by atoms with Gasteiger partial charge >= 0.3 is 0 Å². The van der Waals surface area contributed by atoms with Crippen LogP contribution >= 0.6 is 0 Å². The number of likely N-dealkylation sites (tertiary alicyclic amines) is 1. The molecule has 0 unspecified atom stereocenters. The van der Waals surface area contributed by atoms with E-state index in [0.717, 1.165) is 17.6 Å². The highest BCUT2D eigenvalue weighted by Crippen LogP contribution is 2.55. The normalized spacial score (nSPS) is 35.5. The summed E-state index contributed by atoms with van der Waals surface area (Å²) < 4.78 is 5.54. The molecule has 1 aromatic rings. The van der Waals surface area contributed by atoms with Crippen LogP contribution in [0, 0.1) is 11.8 Å². The van der Waals surface area contributed by atoms with Crippen molar-refractivity contribution < 1.29 is 4.74 Å². The minimum absolute atomic E-state index is 0.440. The van der Waals surface area contributed by atoms with Crippen LogP contribution in [0.3, 0.4) is 0 Å². The van der Waals surface area contributed by atoms with E-state index < -0.39 is 0 Å². The molecule has 2 heteroatoms. The fourth-order valence-corrected chi connectivity index (χ4v) is 5.56. The molecule has 2 fully saturated rings. The van der Waals surface area contributed by atoms with E-state index >= 15 is 0 Å². The summed E-state index contributed by atoms with van der Waals surface area (Å²) in [5.41, 5.74) is 3.68. The molecule has 2 bridgehead atoms. The van der Waals surface area contributed by atoms with Crippen LogP contribution < -0.4 is 4.74 Å². The SMILES string of the molecule is COc1ccc2c(c1)[C@@]13CCCC[C@H]1[C@@H](C2)CN(C)CC3. The van der Waals surface area contributed by atoms with Gasteiger partial charge in [-0.15, -0.1) is 0 Å². The maximum atomic E-state index is 5.54. The zero-order chi connectivity index (χ0) is 14.4. The third-order valence-electron chi connectivity index (χ3n) is 6.49. The highest BCUT2D eigenvalue weighted by molar-refractivity contribution is 5.44. The summed E-state index contributed by atoms with van der Waals surface area (Å²) in [6.45, 7) is 2.54. The monoisotopic (exact) mass is 285 g/mol. The van der Waals surface area contributed by atoms with Crippen LogP contribution in [-0.2, 0) is 11.8 Å². The quantitative estimate of drug-likeness (QED) is 0.781. The average Bonchev–Trinajstić information content (AvgIpc) is 2.63. The van der Waals surface area contributed by atoms with Crippen molar-refractivity contribution in [1.29, 1.82) is 0 Å². The second-order valence-electron chi connectivity index (χ2n) is 7.51. The van der Waals surface area contributed by atoms with E-state index in [0.29, 0.717) is 5.41 Å². The minimum Gasteiger partial charge on any atom is -0.497 e. The maximum absolute atomic E-state index is 5.54. The van der Waals surface area contributed by atoms with E-state index in [1.165, 1.54) is 51.6 Å². The fourth-order valence-electron chi connectivity index (χ4n) is 5.56. The van der Waals surface area contributed by atoms with Crippen molar-refractivity contribution >= 4 is 0 Å². The van der Waals surface area contributed by atoms with Gasteiger partial charge in [0.15, 0.2) is 0 Å². The van der Waals surface area contributed by atoms with Crippen molar-refractivity contribution in [3.05, 3.63) is 29.3 Å². The molecular weight excluding hydrogens is 258 g/mol. The first kappa shape index (κ1) is 13.6. The van der Waals surface area contributed by atoms with Gasteiger partial charge in [0.05, 0.1) is 7.11 Å². The Labute approximate surface area is 128 Å². The first-order chi connectivity index (χ1) is 10.2. The minimum atomic E-state index is 0.440. The molecule has 1 aromatic carbocycles. The number of hydrogen-bond donors (Lipinski definition) is 0. The predicted octanol–water partition coefficient (Wildman–Crippen LogP) is 3.63. The van der Waals surface area contributed by atoms with Gasteiger partial charge in [-0.25, -0.2) is 0 Å². The number of fused-ring (bicyclic) bond motifs is 1. The number of hydrogen-bond acceptors (Lipinski definition) is 2. The van der Waals surface area contributed by atoms with Gasteiger partial charge in [-0.05, 0) is 74.4 Å². The van der Waals surface area contributed by atoms with Crippen LogP contribution in [0.4, 0.5) is 0 Å². The summed E-state index contributed by atoms with van der Waals surface area (Å²) >= 11 is 0. The van der Waals surface area contributed by atoms with E-state index in [2.05, 4.69) is 30.1 Å². The van der Waals surface area contributed by atoms with E-state index in [-0.39, 0.29) is 0 Å². The van der Waals surface area contributed by atoms with Crippen LogP contribution in [0.2, 0.25) is 0 Å². The molecule has 2 aliphatic carbocycles. The Morgan fingerprint density at radius 1 is 1.24 bits per heavy atom. The lowest BCUT2D eigenvalue weighted by Gasteiger charge is -2.51. The molecule has 2 nitrogen and oxygen atoms in total. The summed E-state index contributed by atoms with van der Waals surface area (Å²) in [7, 11) is 4.11. The van der Waals surface area contributed by atoms with Crippen LogP contribution in [0.15, 0.2) is 18.2 Å². The van der Waals surface area contributed by atoms with Gasteiger partial charge in [0.2, 0.25) is 0 Å². The molecule has 3 aliphatic rings. The van der Waals surface area contributed by atoms with Gasteiger partial charge < -0.3 is 9.64 Å². The van der Waals surface area contributed by atoms with Gasteiger partial charge in [0, 0.05) is 12.0 Å². The first-order valence-corrected chi connectivity index (χ1v) is 8.59. The number of ether oxygens (including phenoxy) is 1. The Hall–Kier alpha value is -1.02. The molecule has 0 N–H and O–H groups in total. The summed E-state index contributed by atoms with van der Waals surface area (Å²) in [6.07, 6.45) is 8.29. The molecule has 0 radical (unpaired) electrons. The first-order valence-electron chi connectivity index (χ1n) is 8.59. The molecule has 0 amide bonds. The van der Waals surface area contributed by atoms with Crippen LogP contribution in [0.5, 0.6) is 5.75 Å². The molecule has 21 heavy (non-hydrogen) atoms. The molecule has 3 atom stereocenters. The summed E-state index contributed by atoms with van der Waals surface area (Å²) in [5, 5.41) is 0. The number of rotatable bonds is 1. The lowest BCUT2D eigenvalue weighted by molar-refractivity contribution is 0.110. The lowest BCUT2D eigenvalue weighted by Crippen LogP contribution is -2.46. The Morgan fingerprint density at radius 2 is 2.14 bits per heavy atom. The van der Waals surface area contributed by atoms with Crippen molar-refractivity contribution in [2.75, 3.05) is 27.2 Å². The molecule has 1 saturated carbocycles. The molecule has 1 aliphatic heterocycles. The van der Waals surface area contributed by atoms with Gasteiger partial charge in [-0.3, -0.25) is 0 Å². The second-order valence-corrected chi connectivity index (χ2v) is 7.51. The van der Waals surface area contributed by atoms with E-state index in [4.69, 9.17) is 4.74 Å². The van der Waals surface area contributed by atoms with Crippen molar-refractivity contribution in [2.45, 2.75) is 43.9 Å².